The van der Waals surface area contributed by atoms with Gasteiger partial charge in [-0.3, -0.25) is 14.5 Å². The van der Waals surface area contributed by atoms with Gasteiger partial charge in [0.25, 0.3) is 0 Å². The maximum absolute atomic E-state index is 13.4. The fourth-order valence-corrected chi connectivity index (χ4v) is 4.33. The van der Waals surface area contributed by atoms with E-state index in [1.165, 1.54) is 0 Å². The molecule has 0 saturated carbocycles. The third kappa shape index (κ3) is 4.08. The molecule has 1 saturated heterocycles. The van der Waals surface area contributed by atoms with Gasteiger partial charge in [0.1, 0.15) is 5.75 Å². The molecular weight excluding hydrogens is 376 g/mol. The minimum atomic E-state index is -0.0218. The number of aryl methyl sites for hydroxylation is 2. The third-order valence-corrected chi connectivity index (χ3v) is 5.77. The number of aromatic nitrogens is 3. The van der Waals surface area contributed by atoms with Gasteiger partial charge in [-0.05, 0) is 49.9 Å². The Hall–Kier alpha value is -3.15. The van der Waals surface area contributed by atoms with Gasteiger partial charge in [0.2, 0.25) is 5.91 Å². The van der Waals surface area contributed by atoms with Crippen molar-refractivity contribution in [2.45, 2.75) is 38.6 Å². The zero-order chi connectivity index (χ0) is 21.1. The summed E-state index contributed by atoms with van der Waals surface area (Å²) in [6, 6.07) is 9.95. The van der Waals surface area contributed by atoms with Crippen LogP contribution in [0.5, 0.6) is 5.75 Å². The molecule has 1 amide bonds. The smallest absolute Gasteiger partial charge is 0.227 e. The van der Waals surface area contributed by atoms with Gasteiger partial charge in [0.05, 0.1) is 25.3 Å². The Balaban J connectivity index is 1.65. The van der Waals surface area contributed by atoms with Crippen molar-refractivity contribution in [1.82, 2.24) is 19.7 Å². The normalized spacial score (nSPS) is 16.5. The molecule has 6 heteroatoms. The lowest BCUT2D eigenvalue weighted by molar-refractivity contribution is -0.134. The second-order valence-electron chi connectivity index (χ2n) is 7.93. The first-order chi connectivity index (χ1) is 14.6. The molecule has 2 aromatic heterocycles. The summed E-state index contributed by atoms with van der Waals surface area (Å²) in [5.41, 5.74) is 5.16. The second kappa shape index (κ2) is 8.69. The maximum atomic E-state index is 13.4. The van der Waals surface area contributed by atoms with Crippen LogP contribution in [0, 0.1) is 6.92 Å². The molecule has 0 spiro atoms. The van der Waals surface area contributed by atoms with Crippen molar-refractivity contribution >= 4 is 5.91 Å². The molecule has 0 aliphatic carbocycles. The molecule has 0 bridgehead atoms. The number of hydrogen-bond acceptors (Lipinski definition) is 4. The van der Waals surface area contributed by atoms with Crippen molar-refractivity contribution < 1.29 is 9.53 Å². The first-order valence-corrected chi connectivity index (χ1v) is 10.4. The third-order valence-electron chi connectivity index (χ3n) is 5.77. The zero-order valence-corrected chi connectivity index (χ0v) is 17.8. The fraction of sp³-hybridized carbons (Fsp3) is 0.375. The first-order valence-electron chi connectivity index (χ1n) is 10.4. The van der Waals surface area contributed by atoms with Crippen LogP contribution in [0.2, 0.25) is 0 Å². The molecule has 1 aliphatic rings. The number of carbonyl (C=O) groups excluding carboxylic acids is 1. The Morgan fingerprint density at radius 2 is 2.00 bits per heavy atom. The molecule has 0 N–H and O–H groups in total. The van der Waals surface area contributed by atoms with Gasteiger partial charge in [-0.15, -0.1) is 0 Å². The summed E-state index contributed by atoms with van der Waals surface area (Å²) < 4.78 is 7.33. The Bertz CT molecular complexity index is 1030. The second-order valence-corrected chi connectivity index (χ2v) is 7.93. The zero-order valence-electron chi connectivity index (χ0n) is 17.8. The van der Waals surface area contributed by atoms with E-state index in [9.17, 15) is 4.79 Å². The molecule has 0 radical (unpaired) electrons. The van der Waals surface area contributed by atoms with Crippen LogP contribution >= 0.6 is 0 Å². The molecule has 1 unspecified atom stereocenters. The van der Waals surface area contributed by atoms with Crippen molar-refractivity contribution in [1.29, 1.82) is 0 Å². The molecule has 4 rings (SSSR count). The highest BCUT2D eigenvalue weighted by atomic mass is 16.5. The predicted molar refractivity (Wildman–Crippen MR) is 116 cm³/mol. The molecule has 6 nitrogen and oxygen atoms in total. The Morgan fingerprint density at radius 1 is 1.20 bits per heavy atom. The van der Waals surface area contributed by atoms with Gasteiger partial charge in [-0.25, -0.2) is 0 Å². The molecule has 156 valence electrons. The van der Waals surface area contributed by atoms with E-state index < -0.39 is 0 Å². The molecule has 1 fully saturated rings. The van der Waals surface area contributed by atoms with Gasteiger partial charge in [0, 0.05) is 43.3 Å². The molecule has 1 aromatic carbocycles. The van der Waals surface area contributed by atoms with Crippen LogP contribution < -0.4 is 4.74 Å². The number of amides is 1. The Morgan fingerprint density at radius 3 is 2.77 bits per heavy atom. The number of rotatable bonds is 5. The topological polar surface area (TPSA) is 60.2 Å². The van der Waals surface area contributed by atoms with Gasteiger partial charge < -0.3 is 9.64 Å². The van der Waals surface area contributed by atoms with E-state index in [0.29, 0.717) is 6.42 Å². The lowest BCUT2D eigenvalue weighted by Gasteiger charge is -2.35. The largest absolute Gasteiger partial charge is 0.496 e. The van der Waals surface area contributed by atoms with E-state index in [0.717, 1.165) is 59.5 Å². The molecule has 3 aromatic rings. The summed E-state index contributed by atoms with van der Waals surface area (Å²) in [5, 5.41) is 4.78. The van der Waals surface area contributed by atoms with E-state index in [4.69, 9.17) is 9.84 Å². The Labute approximate surface area is 177 Å². The predicted octanol–water partition coefficient (Wildman–Crippen LogP) is 4.10. The lowest BCUT2D eigenvalue weighted by Crippen LogP contribution is -2.39. The summed E-state index contributed by atoms with van der Waals surface area (Å²) in [6.45, 7) is 2.79. The van der Waals surface area contributed by atoms with Crippen molar-refractivity contribution in [3.63, 3.8) is 0 Å². The average Bonchev–Trinajstić information content (AvgIpc) is 3.16. The molecular formula is C24H28N4O2. The highest BCUT2D eigenvalue weighted by molar-refractivity contribution is 5.80. The van der Waals surface area contributed by atoms with Crippen molar-refractivity contribution in [2.24, 2.45) is 7.05 Å². The molecule has 3 heterocycles. The van der Waals surface area contributed by atoms with E-state index in [2.05, 4.69) is 4.98 Å². The fourth-order valence-electron chi connectivity index (χ4n) is 4.33. The quantitative estimate of drug-likeness (QED) is 0.642. The van der Waals surface area contributed by atoms with Crippen molar-refractivity contribution in [3.05, 3.63) is 65.7 Å². The maximum Gasteiger partial charge on any atom is 0.227 e. The number of ether oxygens (including phenoxy) is 1. The molecule has 1 aliphatic heterocycles. The van der Waals surface area contributed by atoms with Crippen LogP contribution in [0.15, 0.2) is 48.9 Å². The molecule has 1 atom stereocenters. The summed E-state index contributed by atoms with van der Waals surface area (Å²) in [6.07, 6.45) is 8.98. The van der Waals surface area contributed by atoms with E-state index >= 15 is 0 Å². The summed E-state index contributed by atoms with van der Waals surface area (Å²) >= 11 is 0. The first kappa shape index (κ1) is 20.1. The highest BCUT2D eigenvalue weighted by Gasteiger charge is 2.32. The van der Waals surface area contributed by atoms with Gasteiger partial charge in [-0.1, -0.05) is 17.7 Å². The number of piperidine rings is 1. The van der Waals surface area contributed by atoms with E-state index in [1.807, 2.05) is 60.1 Å². The molecule has 30 heavy (non-hydrogen) atoms. The minimum Gasteiger partial charge on any atom is -0.496 e. The van der Waals surface area contributed by atoms with Crippen LogP contribution in [-0.4, -0.2) is 39.2 Å². The number of pyridine rings is 1. The van der Waals surface area contributed by atoms with Crippen molar-refractivity contribution in [2.75, 3.05) is 13.7 Å². The van der Waals surface area contributed by atoms with Gasteiger partial charge in [0.15, 0.2) is 0 Å². The van der Waals surface area contributed by atoms with Crippen LogP contribution in [0.3, 0.4) is 0 Å². The number of nitrogens with zero attached hydrogens (tertiary/aromatic N) is 4. The summed E-state index contributed by atoms with van der Waals surface area (Å²) in [4.78, 5) is 19.6. The SMILES string of the molecule is COc1ccc(C)cc1CC(=O)N1CCCCC1c1nn(C)cc1-c1ccncc1. The van der Waals surface area contributed by atoms with Crippen LogP contribution in [0.4, 0.5) is 0 Å². The highest BCUT2D eigenvalue weighted by Crippen LogP contribution is 2.36. The summed E-state index contributed by atoms with van der Waals surface area (Å²) in [5.74, 6) is 0.882. The van der Waals surface area contributed by atoms with Crippen LogP contribution in [-0.2, 0) is 18.3 Å². The number of methoxy groups -OCH3 is 1. The Kier molecular flexibility index (Phi) is 5.84. The van der Waals surface area contributed by atoms with Gasteiger partial charge in [-0.2, -0.15) is 5.10 Å². The van der Waals surface area contributed by atoms with Gasteiger partial charge >= 0.3 is 0 Å². The van der Waals surface area contributed by atoms with E-state index in [1.54, 1.807) is 19.5 Å². The lowest BCUT2D eigenvalue weighted by atomic mass is 9.94. The summed E-state index contributed by atoms with van der Waals surface area (Å²) in [7, 11) is 3.58. The average molecular weight is 405 g/mol. The van der Waals surface area contributed by atoms with Crippen molar-refractivity contribution in [3.8, 4) is 16.9 Å². The number of carbonyl (C=O) groups is 1. The van der Waals surface area contributed by atoms with E-state index in [-0.39, 0.29) is 11.9 Å². The number of likely N-dealkylation sites (tertiary alicyclic amines) is 1. The van der Waals surface area contributed by atoms with Crippen LogP contribution in [0.1, 0.15) is 42.1 Å². The minimum absolute atomic E-state index is 0.0218. The number of hydrogen-bond donors (Lipinski definition) is 0. The monoisotopic (exact) mass is 404 g/mol. The van der Waals surface area contributed by atoms with Crippen LogP contribution in [0.25, 0.3) is 11.1 Å². The number of benzene rings is 1. The standard InChI is InChI=1S/C24H28N4O2/c1-17-7-8-22(30-3)19(14-17)15-23(29)28-13-5-4-6-21(28)24-20(16-27(2)26-24)18-9-11-25-12-10-18/h7-12,14,16,21H,4-6,13,15H2,1-3H3.